The average Bonchev–Trinajstić information content (AvgIpc) is 2.44. The molecule has 1 aliphatic heterocycles. The van der Waals surface area contributed by atoms with Gasteiger partial charge in [0.15, 0.2) is 0 Å². The van der Waals surface area contributed by atoms with Crippen LogP contribution in [-0.2, 0) is 0 Å². The number of hydrogen-bond acceptors (Lipinski definition) is 2. The van der Waals surface area contributed by atoms with Crippen molar-refractivity contribution in [3.63, 3.8) is 0 Å². The molecule has 1 heterocycles. The molecule has 0 spiro atoms. The van der Waals surface area contributed by atoms with Crippen molar-refractivity contribution < 1.29 is 0 Å². The second-order valence-corrected chi connectivity index (χ2v) is 5.69. The third-order valence-electron chi connectivity index (χ3n) is 3.94. The zero-order valence-corrected chi connectivity index (χ0v) is 11.0. The van der Waals surface area contributed by atoms with E-state index >= 15 is 0 Å². The zero-order valence-electron chi connectivity index (χ0n) is 11.0. The van der Waals surface area contributed by atoms with Gasteiger partial charge in [0.2, 0.25) is 0 Å². The Hall–Kier alpha value is -0.0800. The van der Waals surface area contributed by atoms with Gasteiger partial charge in [-0.25, -0.2) is 0 Å². The first-order valence-electron chi connectivity index (χ1n) is 6.46. The van der Waals surface area contributed by atoms with Gasteiger partial charge in [0.1, 0.15) is 0 Å². The number of likely N-dealkylation sites (tertiary alicyclic amines) is 1. The molecule has 1 saturated heterocycles. The molecule has 1 fully saturated rings. The Morgan fingerprint density at radius 1 is 1.13 bits per heavy atom. The van der Waals surface area contributed by atoms with E-state index in [1.165, 1.54) is 45.3 Å². The van der Waals surface area contributed by atoms with Gasteiger partial charge in [-0.05, 0) is 45.3 Å². The minimum absolute atomic E-state index is 0.374. The summed E-state index contributed by atoms with van der Waals surface area (Å²) in [6.45, 7) is 10.9. The summed E-state index contributed by atoms with van der Waals surface area (Å²) in [6, 6.07) is 0.584. The topological polar surface area (TPSA) is 15.3 Å². The molecule has 15 heavy (non-hydrogen) atoms. The van der Waals surface area contributed by atoms with E-state index in [1.807, 2.05) is 0 Å². The maximum absolute atomic E-state index is 3.38. The summed E-state index contributed by atoms with van der Waals surface area (Å²) >= 11 is 0. The molecule has 0 aromatic heterocycles. The van der Waals surface area contributed by atoms with E-state index in [2.05, 4.69) is 38.0 Å². The van der Waals surface area contributed by atoms with Crippen LogP contribution in [-0.4, -0.2) is 37.6 Å². The first-order chi connectivity index (χ1) is 7.06. The highest BCUT2D eigenvalue weighted by molar-refractivity contribution is 4.83. The highest BCUT2D eigenvalue weighted by atomic mass is 15.1. The molecule has 0 saturated carbocycles. The molecule has 0 bridgehead atoms. The number of nitrogens with zero attached hydrogens (tertiary/aromatic N) is 1. The standard InChI is InChI=1S/C13H28N2/c1-12(14-4)13(2,3)11-15-9-7-5-6-8-10-15/h12,14H,5-11H2,1-4H3. The van der Waals surface area contributed by atoms with Crippen molar-refractivity contribution in [1.29, 1.82) is 0 Å². The molecule has 0 radical (unpaired) electrons. The molecule has 2 heteroatoms. The van der Waals surface area contributed by atoms with Gasteiger partial charge in [0.25, 0.3) is 0 Å². The lowest BCUT2D eigenvalue weighted by Crippen LogP contribution is -2.45. The van der Waals surface area contributed by atoms with E-state index in [-0.39, 0.29) is 0 Å². The van der Waals surface area contributed by atoms with E-state index in [4.69, 9.17) is 0 Å². The number of nitrogens with one attached hydrogen (secondary N) is 1. The molecule has 1 unspecified atom stereocenters. The maximum atomic E-state index is 3.38. The molecular weight excluding hydrogens is 184 g/mol. The van der Waals surface area contributed by atoms with Crippen molar-refractivity contribution >= 4 is 0 Å². The zero-order chi connectivity index (χ0) is 11.3. The van der Waals surface area contributed by atoms with E-state index in [0.29, 0.717) is 11.5 Å². The van der Waals surface area contributed by atoms with Crippen molar-refractivity contribution in [2.75, 3.05) is 26.7 Å². The Labute approximate surface area is 95.4 Å². The fraction of sp³-hybridized carbons (Fsp3) is 1.00. The molecule has 0 aromatic rings. The molecule has 0 aliphatic carbocycles. The molecule has 0 amide bonds. The van der Waals surface area contributed by atoms with Gasteiger partial charge in [-0.15, -0.1) is 0 Å². The molecule has 1 aliphatic rings. The summed E-state index contributed by atoms with van der Waals surface area (Å²) < 4.78 is 0. The molecule has 1 N–H and O–H groups in total. The molecule has 1 atom stereocenters. The summed E-state index contributed by atoms with van der Waals surface area (Å²) in [5, 5.41) is 3.38. The fourth-order valence-electron chi connectivity index (χ4n) is 2.40. The third kappa shape index (κ3) is 4.12. The van der Waals surface area contributed by atoms with E-state index in [9.17, 15) is 0 Å². The highest BCUT2D eigenvalue weighted by Crippen LogP contribution is 2.23. The monoisotopic (exact) mass is 212 g/mol. The largest absolute Gasteiger partial charge is 0.317 e. The molecule has 0 aromatic carbocycles. The smallest absolute Gasteiger partial charge is 0.00991 e. The second-order valence-electron chi connectivity index (χ2n) is 5.69. The van der Waals surface area contributed by atoms with Gasteiger partial charge in [0.05, 0.1) is 0 Å². The van der Waals surface area contributed by atoms with Gasteiger partial charge >= 0.3 is 0 Å². The van der Waals surface area contributed by atoms with E-state index < -0.39 is 0 Å². The van der Waals surface area contributed by atoms with Gasteiger partial charge in [-0.1, -0.05) is 26.7 Å². The lowest BCUT2D eigenvalue weighted by atomic mass is 9.85. The minimum atomic E-state index is 0.374. The average molecular weight is 212 g/mol. The molecular formula is C13H28N2. The molecule has 2 nitrogen and oxygen atoms in total. The van der Waals surface area contributed by atoms with Crippen molar-refractivity contribution in [3.8, 4) is 0 Å². The lowest BCUT2D eigenvalue weighted by molar-refractivity contribution is 0.149. The van der Waals surface area contributed by atoms with E-state index in [0.717, 1.165) is 0 Å². The van der Waals surface area contributed by atoms with Gasteiger partial charge in [0, 0.05) is 12.6 Å². The quantitative estimate of drug-likeness (QED) is 0.770. The third-order valence-corrected chi connectivity index (χ3v) is 3.94. The van der Waals surface area contributed by atoms with Crippen LogP contribution in [0.25, 0.3) is 0 Å². The van der Waals surface area contributed by atoms with Crippen LogP contribution >= 0.6 is 0 Å². The molecule has 90 valence electrons. The first-order valence-corrected chi connectivity index (χ1v) is 6.46. The minimum Gasteiger partial charge on any atom is -0.317 e. The fourth-order valence-corrected chi connectivity index (χ4v) is 2.40. The summed E-state index contributed by atoms with van der Waals surface area (Å²) in [7, 11) is 2.06. The van der Waals surface area contributed by atoms with Crippen LogP contribution in [0.15, 0.2) is 0 Å². The predicted octanol–water partition coefficient (Wildman–Crippen LogP) is 2.50. The SMILES string of the molecule is CNC(C)C(C)(C)CN1CCCCCC1. The van der Waals surface area contributed by atoms with Gasteiger partial charge < -0.3 is 10.2 Å². The van der Waals surface area contributed by atoms with Gasteiger partial charge in [-0.2, -0.15) is 0 Å². The summed E-state index contributed by atoms with van der Waals surface area (Å²) in [5.41, 5.74) is 0.374. The second kappa shape index (κ2) is 5.86. The Morgan fingerprint density at radius 3 is 2.13 bits per heavy atom. The van der Waals surface area contributed by atoms with Crippen LogP contribution in [0.5, 0.6) is 0 Å². The van der Waals surface area contributed by atoms with Gasteiger partial charge in [-0.3, -0.25) is 0 Å². The first kappa shape index (κ1) is 13.0. The van der Waals surface area contributed by atoms with Crippen LogP contribution in [0, 0.1) is 5.41 Å². The van der Waals surface area contributed by atoms with Crippen molar-refractivity contribution in [3.05, 3.63) is 0 Å². The lowest BCUT2D eigenvalue weighted by Gasteiger charge is -2.36. The van der Waals surface area contributed by atoms with Crippen LogP contribution in [0.4, 0.5) is 0 Å². The van der Waals surface area contributed by atoms with Crippen molar-refractivity contribution in [1.82, 2.24) is 10.2 Å². The highest BCUT2D eigenvalue weighted by Gasteiger charge is 2.27. The summed E-state index contributed by atoms with van der Waals surface area (Å²) in [6.07, 6.45) is 5.64. The van der Waals surface area contributed by atoms with E-state index in [1.54, 1.807) is 0 Å². The summed E-state index contributed by atoms with van der Waals surface area (Å²) in [4.78, 5) is 2.65. The number of hydrogen-bond donors (Lipinski definition) is 1. The van der Waals surface area contributed by atoms with Crippen LogP contribution in [0.3, 0.4) is 0 Å². The molecule has 1 rings (SSSR count). The van der Waals surface area contributed by atoms with Crippen molar-refractivity contribution in [2.45, 2.75) is 52.5 Å². The van der Waals surface area contributed by atoms with Crippen LogP contribution < -0.4 is 5.32 Å². The predicted molar refractivity (Wildman–Crippen MR) is 67.2 cm³/mol. The Kier molecular flexibility index (Phi) is 5.07. The van der Waals surface area contributed by atoms with Crippen LogP contribution in [0.1, 0.15) is 46.5 Å². The Morgan fingerprint density at radius 2 is 1.67 bits per heavy atom. The normalized spacial score (nSPS) is 22.4. The summed E-state index contributed by atoms with van der Waals surface area (Å²) in [5.74, 6) is 0. The number of rotatable bonds is 4. The maximum Gasteiger partial charge on any atom is 0.00991 e. The Balaban J connectivity index is 2.43. The van der Waals surface area contributed by atoms with Crippen molar-refractivity contribution in [2.24, 2.45) is 5.41 Å². The van der Waals surface area contributed by atoms with Crippen LogP contribution in [0.2, 0.25) is 0 Å². The Bertz CT molecular complexity index is 169.